The van der Waals surface area contributed by atoms with Crippen molar-refractivity contribution in [2.45, 2.75) is 32.4 Å². The van der Waals surface area contributed by atoms with Crippen molar-refractivity contribution in [2.24, 2.45) is 0 Å². The Morgan fingerprint density at radius 3 is 3.06 bits per heavy atom. The third-order valence-corrected chi connectivity index (χ3v) is 4.89. The maximum Gasteiger partial charge on any atom is 0.236 e. The molecule has 0 radical (unpaired) electrons. The van der Waals surface area contributed by atoms with E-state index in [1.54, 1.807) is 17.6 Å². The molecule has 3 nitrogen and oxygen atoms in total. The van der Waals surface area contributed by atoms with Crippen LogP contribution in [0.2, 0.25) is 0 Å². The first-order valence-electron chi connectivity index (χ1n) is 5.66. The van der Waals surface area contributed by atoms with Gasteiger partial charge in [-0.25, -0.2) is 4.98 Å². The summed E-state index contributed by atoms with van der Waals surface area (Å²) in [5.74, 6) is 0.719. The Morgan fingerprint density at radius 1 is 1.59 bits per heavy atom. The zero-order valence-electron chi connectivity index (χ0n) is 9.50. The molecule has 5 heteroatoms. The molecule has 2 aromatic heterocycles. The monoisotopic (exact) mass is 312 g/mol. The third-order valence-electron chi connectivity index (χ3n) is 2.77. The van der Waals surface area contributed by atoms with Gasteiger partial charge in [-0.15, -0.1) is 11.3 Å². The lowest BCUT2D eigenvalue weighted by molar-refractivity contribution is 0.571. The molecule has 1 N–H and O–H groups in total. The van der Waals surface area contributed by atoms with Crippen LogP contribution in [0.1, 0.15) is 24.1 Å². The molecule has 0 aliphatic heterocycles. The highest BCUT2D eigenvalue weighted by Crippen LogP contribution is 2.34. The number of oxazole rings is 1. The SMILES string of the molecule is Cc1cc(-c2nc(CNC3CC3)co2)sc1Br. The molecule has 2 aromatic rings. The molecule has 1 saturated carbocycles. The van der Waals surface area contributed by atoms with Crippen molar-refractivity contribution < 1.29 is 4.42 Å². The number of hydrogen-bond acceptors (Lipinski definition) is 4. The number of nitrogens with one attached hydrogen (secondary N) is 1. The van der Waals surface area contributed by atoms with Gasteiger partial charge in [0.15, 0.2) is 0 Å². The number of hydrogen-bond donors (Lipinski definition) is 1. The molecule has 1 aliphatic carbocycles. The summed E-state index contributed by atoms with van der Waals surface area (Å²) in [7, 11) is 0. The molecule has 0 atom stereocenters. The maximum atomic E-state index is 5.51. The standard InChI is InChI=1S/C12H13BrN2OS/c1-7-4-10(17-11(7)13)12-15-9(6-16-12)5-14-8-2-3-8/h4,6,8,14H,2-3,5H2,1H3. The highest BCUT2D eigenvalue weighted by atomic mass is 79.9. The summed E-state index contributed by atoms with van der Waals surface area (Å²) in [5, 5.41) is 3.43. The van der Waals surface area contributed by atoms with Crippen molar-refractivity contribution in [1.29, 1.82) is 0 Å². The Kier molecular flexibility index (Phi) is 3.06. The van der Waals surface area contributed by atoms with Crippen LogP contribution in [0.25, 0.3) is 10.8 Å². The van der Waals surface area contributed by atoms with Crippen LogP contribution in [0.4, 0.5) is 0 Å². The summed E-state index contributed by atoms with van der Waals surface area (Å²) < 4.78 is 6.65. The number of aromatic nitrogens is 1. The minimum Gasteiger partial charge on any atom is -0.444 e. The average molecular weight is 313 g/mol. The highest BCUT2D eigenvalue weighted by molar-refractivity contribution is 9.11. The number of nitrogens with zero attached hydrogens (tertiary/aromatic N) is 1. The topological polar surface area (TPSA) is 38.1 Å². The Hall–Kier alpha value is -0.650. The van der Waals surface area contributed by atoms with E-state index < -0.39 is 0 Å². The van der Waals surface area contributed by atoms with Crippen LogP contribution >= 0.6 is 27.3 Å². The van der Waals surface area contributed by atoms with E-state index in [9.17, 15) is 0 Å². The molecule has 2 heterocycles. The van der Waals surface area contributed by atoms with E-state index in [0.29, 0.717) is 6.04 Å². The van der Waals surface area contributed by atoms with Gasteiger partial charge in [-0.2, -0.15) is 0 Å². The minimum absolute atomic E-state index is 0.702. The summed E-state index contributed by atoms with van der Waals surface area (Å²) >= 11 is 5.17. The largest absolute Gasteiger partial charge is 0.444 e. The van der Waals surface area contributed by atoms with Gasteiger partial charge in [0.2, 0.25) is 5.89 Å². The smallest absolute Gasteiger partial charge is 0.236 e. The molecule has 0 aromatic carbocycles. The van der Waals surface area contributed by atoms with Gasteiger partial charge in [0.05, 0.1) is 14.4 Å². The first-order valence-corrected chi connectivity index (χ1v) is 7.27. The zero-order valence-corrected chi connectivity index (χ0v) is 11.9. The van der Waals surface area contributed by atoms with E-state index in [1.807, 2.05) is 0 Å². The second kappa shape index (κ2) is 4.55. The summed E-state index contributed by atoms with van der Waals surface area (Å²) in [6, 6.07) is 2.80. The molecule has 1 fully saturated rings. The summed E-state index contributed by atoms with van der Waals surface area (Å²) in [6.45, 7) is 2.88. The van der Waals surface area contributed by atoms with Gasteiger partial charge in [-0.1, -0.05) is 0 Å². The molecule has 90 valence electrons. The fourth-order valence-electron chi connectivity index (χ4n) is 1.60. The van der Waals surface area contributed by atoms with E-state index in [0.717, 1.165) is 26.8 Å². The highest BCUT2D eigenvalue weighted by Gasteiger charge is 2.20. The number of thiophene rings is 1. The third kappa shape index (κ3) is 2.61. The van der Waals surface area contributed by atoms with Crippen molar-refractivity contribution in [3.63, 3.8) is 0 Å². The summed E-state index contributed by atoms with van der Waals surface area (Å²) in [4.78, 5) is 5.57. The van der Waals surface area contributed by atoms with Crippen molar-refractivity contribution in [3.05, 3.63) is 27.4 Å². The van der Waals surface area contributed by atoms with Gasteiger partial charge in [-0.05, 0) is 47.3 Å². The second-order valence-corrected chi connectivity index (χ2v) is 6.74. The Bertz CT molecular complexity index is 511. The van der Waals surface area contributed by atoms with E-state index in [-0.39, 0.29) is 0 Å². The van der Waals surface area contributed by atoms with E-state index >= 15 is 0 Å². The van der Waals surface area contributed by atoms with Crippen LogP contribution in [0.15, 0.2) is 20.5 Å². The van der Waals surface area contributed by atoms with Gasteiger partial charge in [0.25, 0.3) is 0 Å². The lowest BCUT2D eigenvalue weighted by atomic mass is 10.3. The average Bonchev–Trinajstić information content (AvgIpc) is 2.92. The Morgan fingerprint density at radius 2 is 2.41 bits per heavy atom. The molecular formula is C12H13BrN2OS. The van der Waals surface area contributed by atoms with E-state index in [2.05, 4.69) is 39.2 Å². The van der Waals surface area contributed by atoms with Gasteiger partial charge < -0.3 is 9.73 Å². The molecule has 0 amide bonds. The van der Waals surface area contributed by atoms with E-state index in [1.165, 1.54) is 18.4 Å². The van der Waals surface area contributed by atoms with Crippen LogP contribution in [0.5, 0.6) is 0 Å². The lowest BCUT2D eigenvalue weighted by Gasteiger charge is -1.95. The summed E-state index contributed by atoms with van der Waals surface area (Å²) in [5.41, 5.74) is 2.20. The predicted molar refractivity (Wildman–Crippen MR) is 72.1 cm³/mol. The van der Waals surface area contributed by atoms with Crippen LogP contribution in [-0.4, -0.2) is 11.0 Å². The van der Waals surface area contributed by atoms with Crippen molar-refractivity contribution in [1.82, 2.24) is 10.3 Å². The first-order chi connectivity index (χ1) is 8.22. The molecular weight excluding hydrogens is 300 g/mol. The predicted octanol–water partition coefficient (Wildman–Crippen LogP) is 3.73. The van der Waals surface area contributed by atoms with Crippen molar-refractivity contribution in [3.8, 4) is 10.8 Å². The Labute approximate surface area is 112 Å². The molecule has 0 bridgehead atoms. The maximum absolute atomic E-state index is 5.51. The van der Waals surface area contributed by atoms with Crippen LogP contribution in [0.3, 0.4) is 0 Å². The second-order valence-electron chi connectivity index (χ2n) is 4.37. The van der Waals surface area contributed by atoms with Gasteiger partial charge >= 0.3 is 0 Å². The van der Waals surface area contributed by atoms with Crippen LogP contribution in [-0.2, 0) is 6.54 Å². The van der Waals surface area contributed by atoms with Gasteiger partial charge in [0, 0.05) is 12.6 Å². The Balaban J connectivity index is 1.74. The minimum atomic E-state index is 0.702. The fraction of sp³-hybridized carbons (Fsp3) is 0.417. The molecule has 0 saturated heterocycles. The number of halogens is 1. The normalized spacial score (nSPS) is 15.4. The number of aryl methyl sites for hydroxylation is 1. The van der Waals surface area contributed by atoms with Crippen molar-refractivity contribution >= 4 is 27.3 Å². The molecule has 1 aliphatic rings. The fourth-order valence-corrected chi connectivity index (χ4v) is 3.07. The summed E-state index contributed by atoms with van der Waals surface area (Å²) in [6.07, 6.45) is 4.33. The quantitative estimate of drug-likeness (QED) is 0.935. The zero-order chi connectivity index (χ0) is 11.8. The van der Waals surface area contributed by atoms with Crippen LogP contribution < -0.4 is 5.32 Å². The molecule has 17 heavy (non-hydrogen) atoms. The molecule has 3 rings (SSSR count). The lowest BCUT2D eigenvalue weighted by Crippen LogP contribution is -2.15. The molecule has 0 unspecified atom stereocenters. The van der Waals surface area contributed by atoms with E-state index in [4.69, 9.17) is 4.42 Å². The van der Waals surface area contributed by atoms with Gasteiger partial charge in [0.1, 0.15) is 6.26 Å². The molecule has 0 spiro atoms. The first kappa shape index (κ1) is 11.4. The van der Waals surface area contributed by atoms with Crippen LogP contribution in [0, 0.1) is 6.92 Å². The van der Waals surface area contributed by atoms with Crippen molar-refractivity contribution in [2.75, 3.05) is 0 Å². The number of rotatable bonds is 4. The van der Waals surface area contributed by atoms with Gasteiger partial charge in [-0.3, -0.25) is 0 Å².